The molecule has 8 heteroatoms. The highest BCUT2D eigenvalue weighted by Crippen LogP contribution is 2.29. The Morgan fingerprint density at radius 3 is 2.26 bits per heavy atom. The van der Waals surface area contributed by atoms with E-state index in [-0.39, 0.29) is 10.6 Å². The Labute approximate surface area is 188 Å². The second-order valence-electron chi connectivity index (χ2n) is 6.88. The number of nitro benzene ring substituents is 1. The summed E-state index contributed by atoms with van der Waals surface area (Å²) in [5, 5.41) is 20.5. The third-order valence-corrected chi connectivity index (χ3v) is 6.63. The average molecular weight is 449 g/mol. The Kier molecular flexibility index (Phi) is 6.69. The molecule has 0 saturated heterocycles. The van der Waals surface area contributed by atoms with Gasteiger partial charge in [-0.05, 0) is 36.8 Å². The van der Waals surface area contributed by atoms with Crippen LogP contribution in [0.1, 0.15) is 17.0 Å². The van der Waals surface area contributed by atoms with Gasteiger partial charge in [0.1, 0.15) is 5.82 Å². The largest absolute Gasteiger partial charge is 0.273 e. The van der Waals surface area contributed by atoms with Gasteiger partial charge in [0.25, 0.3) is 5.69 Å². The van der Waals surface area contributed by atoms with Crippen LogP contribution in [0.4, 0.5) is 5.69 Å². The van der Waals surface area contributed by atoms with Crippen molar-refractivity contribution in [1.82, 2.24) is 14.8 Å². The summed E-state index contributed by atoms with van der Waals surface area (Å²) in [6.07, 6.45) is 0. The van der Waals surface area contributed by atoms with Gasteiger partial charge < -0.3 is 0 Å². The molecule has 0 aliphatic heterocycles. The minimum Gasteiger partial charge on any atom is -0.273 e. The summed E-state index contributed by atoms with van der Waals surface area (Å²) in [4.78, 5) is 11.7. The van der Waals surface area contributed by atoms with Gasteiger partial charge in [-0.15, -0.1) is 22.0 Å². The van der Waals surface area contributed by atoms with Gasteiger partial charge >= 0.3 is 0 Å². The molecular formula is C23H20N4O2S2. The molecule has 6 nitrogen and oxygen atoms in total. The number of aryl methyl sites for hydroxylation is 1. The van der Waals surface area contributed by atoms with Gasteiger partial charge in [0.15, 0.2) is 5.16 Å². The molecule has 0 atom stereocenters. The number of nitro groups is 1. The van der Waals surface area contributed by atoms with E-state index in [2.05, 4.69) is 46.0 Å². The van der Waals surface area contributed by atoms with Crippen LogP contribution >= 0.6 is 23.5 Å². The van der Waals surface area contributed by atoms with E-state index in [9.17, 15) is 10.1 Å². The van der Waals surface area contributed by atoms with Crippen LogP contribution in [0.5, 0.6) is 0 Å². The second-order valence-corrected chi connectivity index (χ2v) is 8.87. The molecule has 0 unspecified atom stereocenters. The fraction of sp³-hybridized carbons (Fsp3) is 0.130. The first-order valence-electron chi connectivity index (χ1n) is 9.65. The summed E-state index contributed by atoms with van der Waals surface area (Å²) in [5.41, 5.74) is 3.34. The van der Waals surface area contributed by atoms with Crippen LogP contribution in [-0.4, -0.2) is 19.7 Å². The van der Waals surface area contributed by atoms with Crippen molar-refractivity contribution >= 4 is 29.2 Å². The Morgan fingerprint density at radius 2 is 1.58 bits per heavy atom. The number of hydrogen-bond acceptors (Lipinski definition) is 6. The Bertz CT molecular complexity index is 1160. The highest BCUT2D eigenvalue weighted by atomic mass is 32.2. The Morgan fingerprint density at radius 1 is 0.871 bits per heavy atom. The summed E-state index contributed by atoms with van der Waals surface area (Å²) in [7, 11) is 0. The molecule has 0 aliphatic rings. The van der Waals surface area contributed by atoms with E-state index in [1.165, 1.54) is 22.6 Å². The van der Waals surface area contributed by atoms with Gasteiger partial charge in [-0.1, -0.05) is 59.8 Å². The van der Waals surface area contributed by atoms with Gasteiger partial charge in [0.2, 0.25) is 0 Å². The third kappa shape index (κ3) is 5.34. The molecule has 0 radical (unpaired) electrons. The molecule has 1 aromatic heterocycles. The van der Waals surface area contributed by atoms with E-state index in [0.717, 1.165) is 22.2 Å². The molecule has 0 spiro atoms. The zero-order valence-corrected chi connectivity index (χ0v) is 18.5. The fourth-order valence-corrected chi connectivity index (χ4v) is 4.71. The number of hydrogen-bond donors (Lipinski definition) is 0. The maximum absolute atomic E-state index is 10.9. The number of nitrogens with zero attached hydrogens (tertiary/aromatic N) is 4. The summed E-state index contributed by atoms with van der Waals surface area (Å²) in [6, 6.07) is 25.1. The highest BCUT2D eigenvalue weighted by molar-refractivity contribution is 7.98. The fourth-order valence-electron chi connectivity index (χ4n) is 2.97. The number of para-hydroxylation sites is 1. The van der Waals surface area contributed by atoms with Gasteiger partial charge in [-0.3, -0.25) is 14.7 Å². The van der Waals surface area contributed by atoms with Crippen molar-refractivity contribution in [3.63, 3.8) is 0 Å². The minimum absolute atomic E-state index is 0.0941. The molecular weight excluding hydrogens is 428 g/mol. The lowest BCUT2D eigenvalue weighted by atomic mass is 10.2. The monoisotopic (exact) mass is 448 g/mol. The zero-order chi connectivity index (χ0) is 21.6. The quantitative estimate of drug-likeness (QED) is 0.185. The van der Waals surface area contributed by atoms with Gasteiger partial charge in [0.05, 0.1) is 10.7 Å². The predicted octanol–water partition coefficient (Wildman–Crippen LogP) is 6.07. The number of non-ortho nitro benzene ring substituents is 1. The Balaban J connectivity index is 1.54. The lowest BCUT2D eigenvalue weighted by molar-refractivity contribution is -0.384. The van der Waals surface area contributed by atoms with Crippen LogP contribution in [0.2, 0.25) is 0 Å². The van der Waals surface area contributed by atoms with Crippen LogP contribution in [-0.2, 0) is 11.5 Å². The van der Waals surface area contributed by atoms with Crippen LogP contribution in [0.3, 0.4) is 0 Å². The maximum Gasteiger partial charge on any atom is 0.269 e. The van der Waals surface area contributed by atoms with Crippen molar-refractivity contribution in [3.8, 4) is 5.69 Å². The van der Waals surface area contributed by atoms with Crippen molar-refractivity contribution in [3.05, 3.63) is 106 Å². The molecule has 0 amide bonds. The van der Waals surface area contributed by atoms with E-state index in [4.69, 9.17) is 0 Å². The van der Waals surface area contributed by atoms with Gasteiger partial charge in [-0.2, -0.15) is 0 Å². The lowest BCUT2D eigenvalue weighted by Crippen LogP contribution is -2.02. The molecule has 4 aromatic rings. The molecule has 4 rings (SSSR count). The predicted molar refractivity (Wildman–Crippen MR) is 125 cm³/mol. The number of benzene rings is 3. The highest BCUT2D eigenvalue weighted by Gasteiger charge is 2.15. The summed E-state index contributed by atoms with van der Waals surface area (Å²) in [5.74, 6) is 2.22. The lowest BCUT2D eigenvalue weighted by Gasteiger charge is -2.10. The molecule has 0 bridgehead atoms. The number of thioether (sulfide) groups is 2. The first kappa shape index (κ1) is 21.1. The van der Waals surface area contributed by atoms with Crippen LogP contribution in [0, 0.1) is 17.0 Å². The SMILES string of the molecule is Cc1ccc(SCc2nnc(SCc3ccc([N+](=O)[O-])cc3)n2-c2ccccc2)cc1. The van der Waals surface area contributed by atoms with Crippen LogP contribution in [0.25, 0.3) is 5.69 Å². The van der Waals surface area contributed by atoms with Crippen LogP contribution in [0.15, 0.2) is 88.9 Å². The molecule has 0 aliphatic carbocycles. The van der Waals surface area contributed by atoms with Crippen molar-refractivity contribution in [2.75, 3.05) is 0 Å². The Hall–Kier alpha value is -3.10. The smallest absolute Gasteiger partial charge is 0.269 e. The average Bonchev–Trinajstić information content (AvgIpc) is 3.21. The second kappa shape index (κ2) is 9.80. The van der Waals surface area contributed by atoms with E-state index in [1.54, 1.807) is 35.7 Å². The van der Waals surface area contributed by atoms with E-state index < -0.39 is 0 Å². The normalized spacial score (nSPS) is 10.9. The molecule has 3 aromatic carbocycles. The third-order valence-electron chi connectivity index (χ3n) is 4.62. The standard InChI is InChI=1S/C23H20N4O2S2/c1-17-7-13-21(14-8-17)30-16-22-24-25-23(26(22)19-5-3-2-4-6-19)31-15-18-9-11-20(12-10-18)27(28)29/h2-14H,15-16H2,1H3. The first-order valence-corrected chi connectivity index (χ1v) is 11.6. The zero-order valence-electron chi connectivity index (χ0n) is 16.8. The van der Waals surface area contributed by atoms with Crippen molar-refractivity contribution in [1.29, 1.82) is 0 Å². The van der Waals surface area contributed by atoms with E-state index in [0.29, 0.717) is 11.5 Å². The number of aromatic nitrogens is 3. The molecule has 1 heterocycles. The van der Waals surface area contributed by atoms with E-state index in [1.807, 2.05) is 30.3 Å². The molecule has 0 fully saturated rings. The van der Waals surface area contributed by atoms with Crippen molar-refractivity contribution in [2.24, 2.45) is 0 Å². The first-order chi connectivity index (χ1) is 15.1. The summed E-state index contributed by atoms with van der Waals surface area (Å²) < 4.78 is 2.08. The topological polar surface area (TPSA) is 73.8 Å². The summed E-state index contributed by atoms with van der Waals surface area (Å²) in [6.45, 7) is 2.08. The van der Waals surface area contributed by atoms with Gasteiger partial charge in [-0.25, -0.2) is 0 Å². The van der Waals surface area contributed by atoms with E-state index >= 15 is 0 Å². The number of rotatable bonds is 8. The molecule has 156 valence electrons. The molecule has 31 heavy (non-hydrogen) atoms. The summed E-state index contributed by atoms with van der Waals surface area (Å²) >= 11 is 3.29. The minimum atomic E-state index is -0.388. The molecule has 0 saturated carbocycles. The van der Waals surface area contributed by atoms with Crippen molar-refractivity contribution < 1.29 is 4.92 Å². The van der Waals surface area contributed by atoms with Crippen molar-refractivity contribution in [2.45, 2.75) is 28.5 Å². The molecule has 0 N–H and O–H groups in total. The maximum atomic E-state index is 10.9. The van der Waals surface area contributed by atoms with Crippen LogP contribution < -0.4 is 0 Å². The van der Waals surface area contributed by atoms with Gasteiger partial charge in [0, 0.05) is 28.5 Å².